The Labute approximate surface area is 159 Å². The fraction of sp³-hybridized carbons (Fsp3) is 0.476. The molecule has 1 unspecified atom stereocenters. The zero-order valence-electron chi connectivity index (χ0n) is 15.3. The van der Waals surface area contributed by atoms with Gasteiger partial charge in [-0.25, -0.2) is 8.78 Å². The average molecular weight is 379 g/mol. The molecule has 0 bridgehead atoms. The summed E-state index contributed by atoms with van der Waals surface area (Å²) in [6.07, 6.45) is 5.71. The van der Waals surface area contributed by atoms with Crippen LogP contribution in [0.15, 0.2) is 30.6 Å². The lowest BCUT2D eigenvalue weighted by Crippen LogP contribution is -2.38. The molecule has 0 N–H and O–H groups in total. The Hall–Kier alpha value is -1.68. The summed E-state index contributed by atoms with van der Waals surface area (Å²) in [5.74, 6) is 0. The van der Waals surface area contributed by atoms with Gasteiger partial charge in [-0.1, -0.05) is 31.9 Å². The second-order valence-electron chi connectivity index (χ2n) is 6.87. The summed E-state index contributed by atoms with van der Waals surface area (Å²) in [6, 6.07) is 5.73. The Balaban J connectivity index is 2.13. The summed E-state index contributed by atoms with van der Waals surface area (Å²) in [5, 5.41) is 0.402. The molecule has 1 atom stereocenters. The van der Waals surface area contributed by atoms with Crippen LogP contribution in [-0.2, 0) is 6.42 Å². The third kappa shape index (κ3) is 3.71. The highest BCUT2D eigenvalue weighted by Crippen LogP contribution is 2.41. The molecule has 2 aromatic rings. The van der Waals surface area contributed by atoms with Crippen LogP contribution in [0.25, 0.3) is 11.1 Å². The van der Waals surface area contributed by atoms with E-state index in [2.05, 4.69) is 23.7 Å². The molecular weight excluding hydrogens is 354 g/mol. The van der Waals surface area contributed by atoms with E-state index in [1.165, 1.54) is 6.20 Å². The molecule has 0 saturated carbocycles. The van der Waals surface area contributed by atoms with E-state index in [-0.39, 0.29) is 5.56 Å². The van der Waals surface area contributed by atoms with Gasteiger partial charge in [0.15, 0.2) is 0 Å². The maximum atomic E-state index is 13.9. The SMILES string of the molecule is CCCC(CC)N1CCCc2cc(-c3ccncc3Cl)c(C(F)F)cc21. The number of rotatable bonds is 6. The van der Waals surface area contributed by atoms with Crippen LogP contribution >= 0.6 is 11.6 Å². The molecule has 1 aromatic heterocycles. The van der Waals surface area contributed by atoms with Gasteiger partial charge in [0.2, 0.25) is 0 Å². The molecule has 0 aliphatic carbocycles. The standard InChI is InChI=1S/C21H25ClF2N2/c1-3-6-15(4-2)26-10-5-7-14-11-17(16-8-9-25-13-19(16)22)18(21(23)24)12-20(14)26/h8-9,11-13,15,21H,3-7,10H2,1-2H3. The van der Waals surface area contributed by atoms with Crippen molar-refractivity contribution in [1.82, 2.24) is 4.98 Å². The molecule has 0 amide bonds. The van der Waals surface area contributed by atoms with Gasteiger partial charge in [0.1, 0.15) is 0 Å². The van der Waals surface area contributed by atoms with Crippen molar-refractivity contribution in [2.75, 3.05) is 11.4 Å². The summed E-state index contributed by atoms with van der Waals surface area (Å²) in [6.45, 7) is 5.28. The van der Waals surface area contributed by atoms with Crippen molar-refractivity contribution in [3.8, 4) is 11.1 Å². The van der Waals surface area contributed by atoms with Crippen LogP contribution in [0.3, 0.4) is 0 Å². The third-order valence-corrected chi connectivity index (χ3v) is 5.54. The van der Waals surface area contributed by atoms with E-state index in [0.717, 1.165) is 49.9 Å². The van der Waals surface area contributed by atoms with Gasteiger partial charge in [-0.05, 0) is 55.0 Å². The van der Waals surface area contributed by atoms with Crippen molar-refractivity contribution < 1.29 is 8.78 Å². The maximum absolute atomic E-state index is 13.9. The van der Waals surface area contributed by atoms with Gasteiger partial charge in [-0.2, -0.15) is 0 Å². The number of hydrogen-bond acceptors (Lipinski definition) is 2. The quantitative estimate of drug-likeness (QED) is 0.557. The van der Waals surface area contributed by atoms with Crippen LogP contribution < -0.4 is 4.90 Å². The third-order valence-electron chi connectivity index (χ3n) is 5.24. The Morgan fingerprint density at radius 1 is 1.23 bits per heavy atom. The summed E-state index contributed by atoms with van der Waals surface area (Å²) in [4.78, 5) is 6.31. The Morgan fingerprint density at radius 3 is 2.69 bits per heavy atom. The number of alkyl halides is 2. The normalized spacial score (nSPS) is 15.2. The minimum Gasteiger partial charge on any atom is -0.368 e. The predicted molar refractivity (Wildman–Crippen MR) is 104 cm³/mol. The van der Waals surface area contributed by atoms with Crippen LogP contribution in [0.5, 0.6) is 0 Å². The van der Waals surface area contributed by atoms with E-state index >= 15 is 0 Å². The molecule has 1 aromatic carbocycles. The van der Waals surface area contributed by atoms with Crippen LogP contribution in [0.1, 0.15) is 57.1 Å². The van der Waals surface area contributed by atoms with Crippen molar-refractivity contribution in [3.05, 3.63) is 46.7 Å². The van der Waals surface area contributed by atoms with E-state index in [1.807, 2.05) is 6.07 Å². The number of benzene rings is 1. The van der Waals surface area contributed by atoms with E-state index in [4.69, 9.17) is 11.6 Å². The smallest absolute Gasteiger partial charge is 0.264 e. The number of aryl methyl sites for hydroxylation is 1. The van der Waals surface area contributed by atoms with Crippen molar-refractivity contribution >= 4 is 17.3 Å². The Bertz CT molecular complexity index is 764. The maximum Gasteiger partial charge on any atom is 0.264 e. The molecule has 3 rings (SSSR count). The number of halogens is 3. The topological polar surface area (TPSA) is 16.1 Å². The van der Waals surface area contributed by atoms with E-state index < -0.39 is 6.43 Å². The number of nitrogens with zero attached hydrogens (tertiary/aromatic N) is 2. The molecule has 2 heterocycles. The van der Waals surface area contributed by atoms with Gasteiger partial charge >= 0.3 is 0 Å². The lowest BCUT2D eigenvalue weighted by atomic mass is 9.91. The first kappa shape index (κ1) is 19.1. The molecule has 0 fully saturated rings. The highest BCUT2D eigenvalue weighted by atomic mass is 35.5. The molecule has 0 spiro atoms. The minimum atomic E-state index is -2.55. The number of anilines is 1. The van der Waals surface area contributed by atoms with Gasteiger partial charge < -0.3 is 4.90 Å². The molecule has 1 aliphatic heterocycles. The summed E-state index contributed by atoms with van der Waals surface area (Å²) in [7, 11) is 0. The number of aromatic nitrogens is 1. The zero-order valence-corrected chi connectivity index (χ0v) is 16.1. The lowest BCUT2D eigenvalue weighted by molar-refractivity contribution is 0.152. The number of hydrogen-bond donors (Lipinski definition) is 0. The van der Waals surface area contributed by atoms with Crippen molar-refractivity contribution in [3.63, 3.8) is 0 Å². The zero-order chi connectivity index (χ0) is 18.7. The predicted octanol–water partition coefficient (Wildman–Crippen LogP) is 6.67. The van der Waals surface area contributed by atoms with Gasteiger partial charge in [0.05, 0.1) is 5.02 Å². The molecule has 1 aliphatic rings. The van der Waals surface area contributed by atoms with E-state index in [1.54, 1.807) is 18.3 Å². The largest absolute Gasteiger partial charge is 0.368 e. The molecule has 5 heteroatoms. The first-order valence-corrected chi connectivity index (χ1v) is 9.76. The average Bonchev–Trinajstić information content (AvgIpc) is 2.65. The van der Waals surface area contributed by atoms with Crippen LogP contribution in [0, 0.1) is 0 Å². The van der Waals surface area contributed by atoms with Gasteiger partial charge in [0.25, 0.3) is 6.43 Å². The Morgan fingerprint density at radius 2 is 2.04 bits per heavy atom. The first-order valence-electron chi connectivity index (χ1n) is 9.38. The fourth-order valence-electron chi connectivity index (χ4n) is 3.98. The summed E-state index contributed by atoms with van der Waals surface area (Å²) < 4.78 is 27.8. The van der Waals surface area contributed by atoms with E-state index in [9.17, 15) is 8.78 Å². The molecule has 0 radical (unpaired) electrons. The van der Waals surface area contributed by atoms with Gasteiger partial charge in [-0.15, -0.1) is 0 Å². The molecule has 2 nitrogen and oxygen atoms in total. The van der Waals surface area contributed by atoms with Gasteiger partial charge in [0, 0.05) is 41.8 Å². The monoisotopic (exact) mass is 378 g/mol. The van der Waals surface area contributed by atoms with Crippen molar-refractivity contribution in [2.45, 2.75) is 58.4 Å². The lowest BCUT2D eigenvalue weighted by Gasteiger charge is -2.38. The Kier molecular flexibility index (Phi) is 6.13. The second-order valence-corrected chi connectivity index (χ2v) is 7.28. The minimum absolute atomic E-state index is 0.0510. The van der Waals surface area contributed by atoms with Crippen LogP contribution in [-0.4, -0.2) is 17.6 Å². The second kappa shape index (κ2) is 8.34. The van der Waals surface area contributed by atoms with E-state index in [0.29, 0.717) is 22.2 Å². The molecule has 26 heavy (non-hydrogen) atoms. The fourth-order valence-corrected chi connectivity index (χ4v) is 4.20. The van der Waals surface area contributed by atoms with Crippen molar-refractivity contribution in [2.24, 2.45) is 0 Å². The van der Waals surface area contributed by atoms with Crippen molar-refractivity contribution in [1.29, 1.82) is 0 Å². The number of fused-ring (bicyclic) bond motifs is 1. The van der Waals surface area contributed by atoms with Gasteiger partial charge in [-0.3, -0.25) is 4.98 Å². The number of pyridine rings is 1. The molecular formula is C21H25ClF2N2. The van der Waals surface area contributed by atoms with Crippen LogP contribution in [0.4, 0.5) is 14.5 Å². The summed E-state index contributed by atoms with van der Waals surface area (Å²) >= 11 is 6.24. The first-order chi connectivity index (χ1) is 12.6. The van der Waals surface area contributed by atoms with Crippen LogP contribution in [0.2, 0.25) is 5.02 Å². The highest BCUT2D eigenvalue weighted by Gasteiger charge is 2.27. The summed E-state index contributed by atoms with van der Waals surface area (Å²) in [5.41, 5.74) is 3.31. The molecule has 140 valence electrons. The molecule has 0 saturated heterocycles. The highest BCUT2D eigenvalue weighted by molar-refractivity contribution is 6.33.